The van der Waals surface area contributed by atoms with Gasteiger partial charge in [0.2, 0.25) is 11.8 Å². The Balaban J connectivity index is 1.28. The average Bonchev–Trinajstić information content (AvgIpc) is 3.37. The van der Waals surface area contributed by atoms with Gasteiger partial charge in [-0.05, 0) is 43.7 Å². The molecular weight excluding hydrogens is 416 g/mol. The van der Waals surface area contributed by atoms with E-state index in [-0.39, 0.29) is 18.1 Å². The molecule has 8 nitrogen and oxygen atoms in total. The SMILES string of the molecule is CC(=O)c1cccc(NC(=O)CCc2nc(CSc3nc4cc(C)ccc4o3)no2)c1. The number of nitrogens with one attached hydrogen (secondary N) is 1. The highest BCUT2D eigenvalue weighted by atomic mass is 32.2. The fourth-order valence-electron chi connectivity index (χ4n) is 2.91. The first kappa shape index (κ1) is 20.8. The summed E-state index contributed by atoms with van der Waals surface area (Å²) in [7, 11) is 0. The maximum absolute atomic E-state index is 12.2. The van der Waals surface area contributed by atoms with Crippen molar-refractivity contribution in [1.82, 2.24) is 15.1 Å². The largest absolute Gasteiger partial charge is 0.431 e. The minimum Gasteiger partial charge on any atom is -0.431 e. The van der Waals surface area contributed by atoms with Gasteiger partial charge in [-0.1, -0.05) is 35.1 Å². The molecule has 158 valence electrons. The molecule has 0 aliphatic rings. The third kappa shape index (κ3) is 5.37. The second-order valence-electron chi connectivity index (χ2n) is 7.03. The predicted octanol–water partition coefficient (Wildman–Crippen LogP) is 4.59. The molecule has 2 aromatic carbocycles. The molecule has 0 saturated carbocycles. The molecule has 4 rings (SSSR count). The standard InChI is InChI=1S/C22H20N4O4S/c1-13-6-7-18-17(10-13)24-22(29-18)31-12-19-25-21(30-26-19)9-8-20(28)23-16-5-3-4-15(11-16)14(2)27/h3-7,10-11H,8-9,12H2,1-2H3,(H,23,28). The Kier molecular flexibility index (Phi) is 6.13. The number of oxazole rings is 1. The Morgan fingerprint density at radius 1 is 1.13 bits per heavy atom. The Morgan fingerprint density at radius 2 is 2.00 bits per heavy atom. The number of rotatable bonds is 8. The lowest BCUT2D eigenvalue weighted by Crippen LogP contribution is -2.12. The lowest BCUT2D eigenvalue weighted by atomic mass is 10.1. The first-order chi connectivity index (χ1) is 15.0. The fraction of sp³-hybridized carbons (Fsp3) is 0.227. The first-order valence-electron chi connectivity index (χ1n) is 9.68. The monoisotopic (exact) mass is 436 g/mol. The summed E-state index contributed by atoms with van der Waals surface area (Å²) in [5.74, 6) is 1.08. The maximum atomic E-state index is 12.2. The molecule has 0 aliphatic carbocycles. The summed E-state index contributed by atoms with van der Waals surface area (Å²) in [6.07, 6.45) is 0.502. The highest BCUT2D eigenvalue weighted by molar-refractivity contribution is 7.98. The van der Waals surface area contributed by atoms with Crippen LogP contribution in [0.3, 0.4) is 0 Å². The maximum Gasteiger partial charge on any atom is 0.257 e. The zero-order valence-electron chi connectivity index (χ0n) is 17.0. The molecule has 1 N–H and O–H groups in total. The number of carbonyl (C=O) groups excluding carboxylic acids is 2. The molecular formula is C22H20N4O4S. The van der Waals surface area contributed by atoms with Crippen LogP contribution in [-0.4, -0.2) is 26.8 Å². The number of aryl methyl sites for hydroxylation is 2. The van der Waals surface area contributed by atoms with Crippen molar-refractivity contribution in [2.75, 3.05) is 5.32 Å². The van der Waals surface area contributed by atoms with E-state index in [1.165, 1.54) is 18.7 Å². The molecule has 0 fully saturated rings. The molecule has 2 aromatic heterocycles. The molecule has 2 heterocycles. The van der Waals surface area contributed by atoms with Gasteiger partial charge in [-0.15, -0.1) is 0 Å². The van der Waals surface area contributed by atoms with Crippen LogP contribution < -0.4 is 5.32 Å². The summed E-state index contributed by atoms with van der Waals surface area (Å²) < 4.78 is 10.9. The third-order valence-electron chi connectivity index (χ3n) is 4.48. The minimum absolute atomic E-state index is 0.0553. The van der Waals surface area contributed by atoms with Gasteiger partial charge in [0.1, 0.15) is 5.52 Å². The van der Waals surface area contributed by atoms with Crippen LogP contribution in [0, 0.1) is 6.92 Å². The van der Waals surface area contributed by atoms with Crippen LogP contribution in [0.15, 0.2) is 56.6 Å². The van der Waals surface area contributed by atoms with Crippen LogP contribution in [-0.2, 0) is 17.0 Å². The number of benzene rings is 2. The second kappa shape index (κ2) is 9.13. The Hall–Kier alpha value is -3.46. The highest BCUT2D eigenvalue weighted by Gasteiger charge is 2.12. The Labute approximate surface area is 182 Å². The number of ketones is 1. The van der Waals surface area contributed by atoms with Gasteiger partial charge >= 0.3 is 0 Å². The van der Waals surface area contributed by atoms with E-state index < -0.39 is 0 Å². The van der Waals surface area contributed by atoms with Crippen LogP contribution in [0.1, 0.15) is 41.0 Å². The van der Waals surface area contributed by atoms with Gasteiger partial charge in [-0.2, -0.15) is 4.98 Å². The van der Waals surface area contributed by atoms with Gasteiger partial charge in [0.05, 0.1) is 5.75 Å². The second-order valence-corrected chi connectivity index (χ2v) is 7.96. The summed E-state index contributed by atoms with van der Waals surface area (Å²) in [6, 6.07) is 12.7. The smallest absolute Gasteiger partial charge is 0.257 e. The van der Waals surface area contributed by atoms with Gasteiger partial charge in [-0.25, -0.2) is 4.98 Å². The van der Waals surface area contributed by atoms with Crippen molar-refractivity contribution < 1.29 is 18.5 Å². The van der Waals surface area contributed by atoms with Gasteiger partial charge in [0, 0.05) is 24.1 Å². The molecule has 0 atom stereocenters. The number of fused-ring (bicyclic) bond motifs is 1. The van der Waals surface area contributed by atoms with Crippen LogP contribution in [0.5, 0.6) is 0 Å². The molecule has 0 aliphatic heterocycles. The van der Waals surface area contributed by atoms with E-state index in [0.29, 0.717) is 40.4 Å². The number of carbonyl (C=O) groups is 2. The number of hydrogen-bond donors (Lipinski definition) is 1. The van der Waals surface area contributed by atoms with E-state index >= 15 is 0 Å². The van der Waals surface area contributed by atoms with Crippen LogP contribution in [0.25, 0.3) is 11.1 Å². The Morgan fingerprint density at radius 3 is 2.84 bits per heavy atom. The van der Waals surface area contributed by atoms with Crippen LogP contribution >= 0.6 is 11.8 Å². The number of Topliss-reactive ketones (excluding diaryl/α,β-unsaturated/α-hetero) is 1. The van der Waals surface area contributed by atoms with Crippen molar-refractivity contribution in [1.29, 1.82) is 0 Å². The van der Waals surface area contributed by atoms with E-state index in [1.807, 2.05) is 25.1 Å². The van der Waals surface area contributed by atoms with Gasteiger partial charge in [0.15, 0.2) is 17.2 Å². The molecule has 0 unspecified atom stereocenters. The van der Waals surface area contributed by atoms with Gasteiger partial charge in [0.25, 0.3) is 5.22 Å². The normalized spacial score (nSPS) is 11.0. The van der Waals surface area contributed by atoms with E-state index in [0.717, 1.165) is 16.7 Å². The number of amides is 1. The Bertz CT molecular complexity index is 1250. The number of anilines is 1. The third-order valence-corrected chi connectivity index (χ3v) is 5.30. The lowest BCUT2D eigenvalue weighted by molar-refractivity contribution is -0.116. The summed E-state index contributed by atoms with van der Waals surface area (Å²) in [5, 5.41) is 7.26. The molecule has 0 radical (unpaired) electrons. The van der Waals surface area contributed by atoms with Crippen molar-refractivity contribution in [3.63, 3.8) is 0 Å². The number of hydrogen-bond acceptors (Lipinski definition) is 8. The van der Waals surface area contributed by atoms with Crippen LogP contribution in [0.4, 0.5) is 5.69 Å². The molecule has 0 spiro atoms. The summed E-state index contributed by atoms with van der Waals surface area (Å²) in [5.41, 5.74) is 3.80. The molecule has 0 saturated heterocycles. The predicted molar refractivity (Wildman–Crippen MR) is 116 cm³/mol. The summed E-state index contributed by atoms with van der Waals surface area (Å²) in [4.78, 5) is 32.4. The van der Waals surface area contributed by atoms with E-state index in [9.17, 15) is 9.59 Å². The topological polar surface area (TPSA) is 111 Å². The number of nitrogens with zero attached hydrogens (tertiary/aromatic N) is 3. The van der Waals surface area contributed by atoms with Crippen molar-refractivity contribution in [2.45, 2.75) is 37.7 Å². The molecule has 4 aromatic rings. The molecule has 31 heavy (non-hydrogen) atoms. The summed E-state index contributed by atoms with van der Waals surface area (Å²) >= 11 is 1.38. The van der Waals surface area contributed by atoms with Crippen molar-refractivity contribution in [2.24, 2.45) is 0 Å². The van der Waals surface area contributed by atoms with Crippen molar-refractivity contribution in [3.05, 3.63) is 65.3 Å². The lowest BCUT2D eigenvalue weighted by Gasteiger charge is -2.05. The van der Waals surface area contributed by atoms with Gasteiger partial charge in [-0.3, -0.25) is 9.59 Å². The van der Waals surface area contributed by atoms with E-state index in [4.69, 9.17) is 8.94 Å². The quantitative estimate of drug-likeness (QED) is 0.315. The highest BCUT2D eigenvalue weighted by Crippen LogP contribution is 2.26. The van der Waals surface area contributed by atoms with Crippen molar-refractivity contribution >= 4 is 40.2 Å². The van der Waals surface area contributed by atoms with Gasteiger partial charge < -0.3 is 14.3 Å². The van der Waals surface area contributed by atoms with Crippen LogP contribution in [0.2, 0.25) is 0 Å². The average molecular weight is 436 g/mol. The zero-order valence-corrected chi connectivity index (χ0v) is 17.9. The zero-order chi connectivity index (χ0) is 21.8. The first-order valence-corrected chi connectivity index (χ1v) is 10.7. The molecule has 0 bridgehead atoms. The molecule has 1 amide bonds. The van der Waals surface area contributed by atoms with E-state index in [1.54, 1.807) is 24.3 Å². The molecule has 9 heteroatoms. The number of thioether (sulfide) groups is 1. The fourth-order valence-corrected chi connectivity index (χ4v) is 3.60. The van der Waals surface area contributed by atoms with Crippen molar-refractivity contribution in [3.8, 4) is 0 Å². The minimum atomic E-state index is -0.198. The number of aromatic nitrogens is 3. The van der Waals surface area contributed by atoms with E-state index in [2.05, 4.69) is 20.4 Å². The summed E-state index contributed by atoms with van der Waals surface area (Å²) in [6.45, 7) is 3.49.